The summed E-state index contributed by atoms with van der Waals surface area (Å²) >= 11 is 0. The van der Waals surface area contributed by atoms with Crippen molar-refractivity contribution in [3.63, 3.8) is 0 Å². The second kappa shape index (κ2) is 14.1. The zero-order valence-electron chi connectivity index (χ0n) is 24.0. The highest BCUT2D eigenvalue weighted by molar-refractivity contribution is 8.00. The number of esters is 1. The number of nitrogens with zero attached hydrogens (tertiary/aromatic N) is 3. The highest BCUT2D eigenvalue weighted by Crippen LogP contribution is 2.14. The number of unbranched alkanes of at least 4 members (excludes halogenated alkanes) is 1. The largest absolute Gasteiger partial charge is 0.469 e. The molecule has 0 fully saturated rings. The van der Waals surface area contributed by atoms with Gasteiger partial charge in [0.1, 0.15) is 5.69 Å². The first-order valence-electron chi connectivity index (χ1n) is 13.4. The number of amides is 2. The van der Waals surface area contributed by atoms with Gasteiger partial charge in [-0.1, -0.05) is 36.1 Å². The predicted molar refractivity (Wildman–Crippen MR) is 165 cm³/mol. The minimum absolute atomic E-state index is 0.176. The maximum Gasteiger partial charge on any atom is 0.305 e. The lowest BCUT2D eigenvalue weighted by Gasteiger charge is -2.14. The third-order valence-corrected chi connectivity index (χ3v) is 8.38. The zero-order valence-corrected chi connectivity index (χ0v) is 24.8. The number of aromatic nitrogens is 3. The quantitative estimate of drug-likeness (QED) is 0.129. The number of carbonyl (C=O) groups is 3. The topological polar surface area (TPSA) is 132 Å². The summed E-state index contributed by atoms with van der Waals surface area (Å²) in [7, 11) is -0.0842. The summed E-state index contributed by atoms with van der Waals surface area (Å²) in [5.41, 5.74) is 3.05. The number of methoxy groups -OCH3 is 1. The lowest BCUT2D eigenvalue weighted by atomic mass is 10.1. The molecule has 1 atom stereocenters. The molecule has 0 spiro atoms. The van der Waals surface area contributed by atoms with E-state index in [0.717, 1.165) is 5.69 Å². The van der Waals surface area contributed by atoms with E-state index in [1.165, 1.54) is 29.6 Å². The molecular formula is C32H31N5O5S. The van der Waals surface area contributed by atoms with E-state index in [2.05, 4.69) is 36.7 Å². The number of hydrogen-bond donors (Lipinski definition) is 2. The molecule has 220 valence electrons. The van der Waals surface area contributed by atoms with Crippen molar-refractivity contribution in [3.8, 4) is 11.8 Å². The number of pyridine rings is 1. The molecule has 0 saturated carbocycles. The van der Waals surface area contributed by atoms with E-state index in [1.54, 1.807) is 73.8 Å². The Balaban J connectivity index is 1.49. The normalized spacial score (nSPS) is 11.8. The van der Waals surface area contributed by atoms with Gasteiger partial charge in [0, 0.05) is 47.6 Å². The fourth-order valence-corrected chi connectivity index (χ4v) is 5.93. The van der Waals surface area contributed by atoms with Crippen molar-refractivity contribution in [2.24, 2.45) is 7.05 Å². The Bertz CT molecular complexity index is 1830. The van der Waals surface area contributed by atoms with Crippen LogP contribution in [0.15, 0.2) is 84.0 Å². The van der Waals surface area contributed by atoms with Gasteiger partial charge in [0.25, 0.3) is 11.8 Å². The number of hydrogen-bond acceptors (Lipinski definition) is 7. The number of ether oxygens (including phenoxy) is 1. The molecule has 2 aromatic heterocycles. The molecule has 10 nitrogen and oxygen atoms in total. The number of benzene rings is 2. The molecule has 2 N–H and O–H groups in total. The Hall–Kier alpha value is -5.21. The summed E-state index contributed by atoms with van der Waals surface area (Å²) in [5, 5.41) is 8.58. The summed E-state index contributed by atoms with van der Waals surface area (Å²) in [6, 6.07) is 19.0. The number of carbonyl (C=O) groups excluding carboxylic acids is 3. The van der Waals surface area contributed by atoms with Crippen LogP contribution in [0, 0.1) is 18.8 Å². The van der Waals surface area contributed by atoms with Crippen LogP contribution in [0.5, 0.6) is 0 Å². The van der Waals surface area contributed by atoms with Gasteiger partial charge in [0.15, 0.2) is 0 Å². The van der Waals surface area contributed by atoms with Crippen LogP contribution in [-0.2, 0) is 26.3 Å². The second-order valence-electron chi connectivity index (χ2n) is 9.52. The Morgan fingerprint density at radius 3 is 2.47 bits per heavy atom. The standard InChI is InChI=1S/C32H31N5O5S/c1-23-18-29(37(2)35-23)32(40)34-27-11-9-10-24(20-27)15-16-25-19-26(22-33-21-25)31(39)36-43(41,28-12-5-4-6-13-28)17-8-7-14-30(38)42-3/h4-6,9-13,17-22H,7-8,14H2,1-3H3,(H,34,40)(H,36,39,41). The van der Waals surface area contributed by atoms with Crippen LogP contribution < -0.4 is 10.0 Å². The fourth-order valence-electron chi connectivity index (χ4n) is 4.08. The third kappa shape index (κ3) is 8.40. The van der Waals surface area contributed by atoms with Crippen LogP contribution in [-0.4, -0.2) is 49.2 Å². The molecule has 0 aliphatic heterocycles. The van der Waals surface area contributed by atoms with Crippen LogP contribution in [0.25, 0.3) is 0 Å². The van der Waals surface area contributed by atoms with Crippen LogP contribution in [0.3, 0.4) is 0 Å². The molecule has 0 bridgehead atoms. The molecule has 2 aromatic carbocycles. The monoisotopic (exact) mass is 597 g/mol. The van der Waals surface area contributed by atoms with E-state index >= 15 is 0 Å². The van der Waals surface area contributed by atoms with Crippen LogP contribution >= 0.6 is 0 Å². The minimum Gasteiger partial charge on any atom is -0.469 e. The van der Waals surface area contributed by atoms with Crippen molar-refractivity contribution in [1.82, 2.24) is 19.5 Å². The van der Waals surface area contributed by atoms with Crippen LogP contribution in [0.1, 0.15) is 56.9 Å². The van der Waals surface area contributed by atoms with E-state index in [1.807, 2.05) is 6.92 Å². The van der Waals surface area contributed by atoms with Crippen molar-refractivity contribution >= 4 is 38.5 Å². The lowest BCUT2D eigenvalue weighted by Crippen LogP contribution is -2.32. The summed E-state index contributed by atoms with van der Waals surface area (Å²) < 4.78 is 22.7. The molecule has 4 aromatic rings. The van der Waals surface area contributed by atoms with Crippen molar-refractivity contribution in [3.05, 3.63) is 107 Å². The Kier molecular flexibility index (Phi) is 10.1. The average Bonchev–Trinajstić information content (AvgIpc) is 3.36. The molecule has 2 heterocycles. The third-order valence-electron chi connectivity index (χ3n) is 6.21. The first-order chi connectivity index (χ1) is 20.7. The van der Waals surface area contributed by atoms with E-state index in [0.29, 0.717) is 40.2 Å². The van der Waals surface area contributed by atoms with Gasteiger partial charge in [-0.15, -0.1) is 0 Å². The molecule has 4 rings (SSSR count). The van der Waals surface area contributed by atoms with E-state index in [4.69, 9.17) is 0 Å². The molecule has 0 radical (unpaired) electrons. The maximum atomic E-state index is 13.9. The number of rotatable bonds is 9. The summed E-state index contributed by atoms with van der Waals surface area (Å²) in [4.78, 5) is 41.9. The molecule has 1 unspecified atom stereocenters. The van der Waals surface area contributed by atoms with Gasteiger partial charge in [-0.2, -0.15) is 5.10 Å². The molecule has 0 aliphatic rings. The van der Waals surface area contributed by atoms with E-state index < -0.39 is 15.6 Å². The average molecular weight is 598 g/mol. The van der Waals surface area contributed by atoms with Crippen LogP contribution in [0.2, 0.25) is 0 Å². The second-order valence-corrected chi connectivity index (χ2v) is 11.7. The van der Waals surface area contributed by atoms with Crippen molar-refractivity contribution in [2.75, 3.05) is 12.4 Å². The van der Waals surface area contributed by atoms with Gasteiger partial charge in [-0.3, -0.25) is 28.8 Å². The van der Waals surface area contributed by atoms with Gasteiger partial charge < -0.3 is 10.1 Å². The van der Waals surface area contributed by atoms with Gasteiger partial charge in [0.2, 0.25) is 0 Å². The smallest absolute Gasteiger partial charge is 0.305 e. The van der Waals surface area contributed by atoms with E-state index in [9.17, 15) is 18.6 Å². The molecular weight excluding hydrogens is 566 g/mol. The molecule has 11 heteroatoms. The summed E-state index contributed by atoms with van der Waals surface area (Å²) in [5.74, 6) is 4.79. The number of anilines is 1. The molecule has 2 amide bonds. The van der Waals surface area contributed by atoms with Gasteiger partial charge >= 0.3 is 5.97 Å². The van der Waals surface area contributed by atoms with Crippen molar-refractivity contribution < 1.29 is 23.3 Å². The SMILES string of the molecule is COC(=O)CCCC=S(=O)(NC(=O)c1cncc(C#Cc2cccc(NC(=O)c3cc(C)nn3C)c2)c1)c1ccccc1. The molecule has 43 heavy (non-hydrogen) atoms. The van der Waals surface area contributed by atoms with Gasteiger partial charge in [-0.05, 0) is 67.6 Å². The Morgan fingerprint density at radius 2 is 1.74 bits per heavy atom. The highest BCUT2D eigenvalue weighted by atomic mass is 32.2. The Morgan fingerprint density at radius 1 is 0.977 bits per heavy atom. The predicted octanol–water partition coefficient (Wildman–Crippen LogP) is 3.91. The number of nitrogens with one attached hydrogen (secondary N) is 2. The van der Waals surface area contributed by atoms with Crippen molar-refractivity contribution in [2.45, 2.75) is 31.1 Å². The van der Waals surface area contributed by atoms with Gasteiger partial charge in [0.05, 0.1) is 28.1 Å². The van der Waals surface area contributed by atoms with E-state index in [-0.39, 0.29) is 23.9 Å². The Labute approximate surface area is 250 Å². The zero-order chi connectivity index (χ0) is 30.8. The summed E-state index contributed by atoms with van der Waals surface area (Å²) in [6.45, 7) is 1.82. The first kappa shape index (κ1) is 30.7. The first-order valence-corrected chi connectivity index (χ1v) is 15.0. The fraction of sp³-hybridized carbons (Fsp3) is 0.188. The van der Waals surface area contributed by atoms with Crippen LogP contribution in [0.4, 0.5) is 5.69 Å². The van der Waals surface area contributed by atoms with Crippen molar-refractivity contribution in [1.29, 1.82) is 0 Å². The number of aryl methyl sites for hydroxylation is 2. The minimum atomic E-state index is -3.10. The van der Waals surface area contributed by atoms with Gasteiger partial charge in [-0.25, -0.2) is 4.21 Å². The maximum absolute atomic E-state index is 13.9. The molecule has 0 saturated heterocycles. The highest BCUT2D eigenvalue weighted by Gasteiger charge is 2.17. The lowest BCUT2D eigenvalue weighted by molar-refractivity contribution is -0.140. The summed E-state index contributed by atoms with van der Waals surface area (Å²) in [6.07, 6.45) is 3.82. The molecule has 0 aliphatic carbocycles.